The number of hydrogen-bond acceptors (Lipinski definition) is 5. The lowest BCUT2D eigenvalue weighted by atomic mass is 10.1. The third kappa shape index (κ3) is 3.82. The zero-order chi connectivity index (χ0) is 20.3. The largest absolute Gasteiger partial charge is 0.420 e. The molecule has 2 aromatic heterocycles. The Hall–Kier alpha value is -3.00. The lowest BCUT2D eigenvalue weighted by Crippen LogP contribution is -2.31. The van der Waals surface area contributed by atoms with Gasteiger partial charge in [0.25, 0.3) is 11.8 Å². The number of aromatic nitrogens is 4. The molecule has 3 aromatic rings. The molecule has 0 saturated carbocycles. The van der Waals surface area contributed by atoms with E-state index in [1.807, 2.05) is 19.1 Å². The highest BCUT2D eigenvalue weighted by molar-refractivity contribution is 9.10. The van der Waals surface area contributed by atoms with Crippen LogP contribution in [0.5, 0.6) is 0 Å². The van der Waals surface area contributed by atoms with Crippen LogP contribution in [-0.2, 0) is 0 Å². The van der Waals surface area contributed by atoms with Gasteiger partial charge in [0, 0.05) is 25.6 Å². The second kappa shape index (κ2) is 8.35. The molecule has 0 aliphatic rings. The van der Waals surface area contributed by atoms with Crippen LogP contribution in [0.25, 0.3) is 17.3 Å². The fraction of sp³-hybridized carbons (Fsp3) is 0.200. The maximum Gasteiger partial charge on any atom is 0.269 e. The smallest absolute Gasteiger partial charge is 0.269 e. The van der Waals surface area contributed by atoms with Crippen molar-refractivity contribution in [1.82, 2.24) is 24.9 Å². The number of benzene rings is 1. The summed E-state index contributed by atoms with van der Waals surface area (Å²) in [5, 5.41) is 12.5. The first kappa shape index (κ1) is 19.8. The SMILES string of the molecule is C=CCN(CC=C)C(=O)c1ccc(-n2nc(-c3nnc(C)o3)c(Br)c2C)cc1. The fourth-order valence-electron chi connectivity index (χ4n) is 2.74. The summed E-state index contributed by atoms with van der Waals surface area (Å²) in [6.07, 6.45) is 3.39. The van der Waals surface area contributed by atoms with E-state index in [9.17, 15) is 4.79 Å². The second-order valence-corrected chi connectivity index (χ2v) is 6.91. The fourth-order valence-corrected chi connectivity index (χ4v) is 3.16. The van der Waals surface area contributed by atoms with Gasteiger partial charge in [0.15, 0.2) is 5.69 Å². The predicted octanol–water partition coefficient (Wildman–Crippen LogP) is 4.12. The lowest BCUT2D eigenvalue weighted by Gasteiger charge is -2.19. The summed E-state index contributed by atoms with van der Waals surface area (Å²) in [7, 11) is 0. The first-order chi connectivity index (χ1) is 13.5. The minimum absolute atomic E-state index is 0.0771. The van der Waals surface area contributed by atoms with E-state index in [4.69, 9.17) is 4.42 Å². The quantitative estimate of drug-likeness (QED) is 0.515. The molecule has 28 heavy (non-hydrogen) atoms. The van der Waals surface area contributed by atoms with Gasteiger partial charge in [-0.3, -0.25) is 4.79 Å². The number of carbonyl (C=O) groups excluding carboxylic acids is 1. The van der Waals surface area contributed by atoms with Crippen molar-refractivity contribution < 1.29 is 9.21 Å². The molecule has 8 heteroatoms. The number of carbonyl (C=O) groups is 1. The Kier molecular flexibility index (Phi) is 5.89. The van der Waals surface area contributed by atoms with Crippen LogP contribution in [0.15, 0.2) is 58.5 Å². The van der Waals surface area contributed by atoms with Crippen LogP contribution < -0.4 is 0 Å². The maximum atomic E-state index is 12.7. The number of halogens is 1. The van der Waals surface area contributed by atoms with Crippen molar-refractivity contribution in [2.45, 2.75) is 13.8 Å². The van der Waals surface area contributed by atoms with Crippen molar-refractivity contribution in [3.8, 4) is 17.3 Å². The predicted molar refractivity (Wildman–Crippen MR) is 110 cm³/mol. The number of hydrogen-bond donors (Lipinski definition) is 0. The highest BCUT2D eigenvalue weighted by Gasteiger charge is 2.20. The van der Waals surface area contributed by atoms with Gasteiger partial charge in [-0.25, -0.2) is 4.68 Å². The summed E-state index contributed by atoms with van der Waals surface area (Å²) in [5.74, 6) is 0.745. The highest BCUT2D eigenvalue weighted by Crippen LogP contribution is 2.30. The van der Waals surface area contributed by atoms with Gasteiger partial charge >= 0.3 is 0 Å². The zero-order valence-electron chi connectivity index (χ0n) is 15.7. The average molecular weight is 442 g/mol. The summed E-state index contributed by atoms with van der Waals surface area (Å²) in [6.45, 7) is 12.0. The summed E-state index contributed by atoms with van der Waals surface area (Å²) in [6, 6.07) is 7.26. The molecule has 0 aliphatic carbocycles. The average Bonchev–Trinajstić information content (AvgIpc) is 3.25. The number of aryl methyl sites for hydroxylation is 1. The highest BCUT2D eigenvalue weighted by atomic mass is 79.9. The number of nitrogens with zero attached hydrogens (tertiary/aromatic N) is 5. The molecule has 0 aliphatic heterocycles. The Labute approximate surface area is 171 Å². The van der Waals surface area contributed by atoms with Crippen LogP contribution in [-0.4, -0.2) is 43.9 Å². The number of rotatable bonds is 7. The molecular formula is C20H20BrN5O2. The van der Waals surface area contributed by atoms with Gasteiger partial charge in [0.1, 0.15) is 0 Å². The van der Waals surface area contributed by atoms with Crippen molar-refractivity contribution in [2.24, 2.45) is 0 Å². The lowest BCUT2D eigenvalue weighted by molar-refractivity contribution is 0.0791. The Bertz CT molecular complexity index is 1010. The van der Waals surface area contributed by atoms with Gasteiger partial charge in [-0.2, -0.15) is 5.10 Å². The van der Waals surface area contributed by atoms with E-state index in [2.05, 4.69) is 44.4 Å². The van der Waals surface area contributed by atoms with E-state index in [0.717, 1.165) is 15.9 Å². The maximum absolute atomic E-state index is 12.7. The molecule has 0 bridgehead atoms. The third-order valence-corrected chi connectivity index (χ3v) is 5.07. The van der Waals surface area contributed by atoms with Gasteiger partial charge < -0.3 is 9.32 Å². The minimum atomic E-state index is -0.0771. The van der Waals surface area contributed by atoms with E-state index >= 15 is 0 Å². The molecule has 0 fully saturated rings. The van der Waals surface area contributed by atoms with Gasteiger partial charge in [0.2, 0.25) is 5.89 Å². The molecule has 1 amide bonds. The summed E-state index contributed by atoms with van der Waals surface area (Å²) < 4.78 is 8.02. The number of amides is 1. The molecule has 0 unspecified atom stereocenters. The first-order valence-electron chi connectivity index (χ1n) is 8.63. The monoisotopic (exact) mass is 441 g/mol. The van der Waals surface area contributed by atoms with Crippen LogP contribution in [0.1, 0.15) is 21.9 Å². The molecule has 144 valence electrons. The molecule has 0 radical (unpaired) electrons. The van der Waals surface area contributed by atoms with Gasteiger partial charge in [0.05, 0.1) is 15.9 Å². The van der Waals surface area contributed by atoms with Crippen molar-refractivity contribution in [1.29, 1.82) is 0 Å². The summed E-state index contributed by atoms with van der Waals surface area (Å²) in [4.78, 5) is 14.3. The minimum Gasteiger partial charge on any atom is -0.420 e. The normalized spacial score (nSPS) is 10.7. The van der Waals surface area contributed by atoms with E-state index in [0.29, 0.717) is 36.1 Å². The van der Waals surface area contributed by atoms with E-state index < -0.39 is 0 Å². The van der Waals surface area contributed by atoms with Crippen molar-refractivity contribution >= 4 is 21.8 Å². The van der Waals surface area contributed by atoms with Gasteiger partial charge in [-0.05, 0) is 47.1 Å². The van der Waals surface area contributed by atoms with E-state index in [1.165, 1.54) is 0 Å². The van der Waals surface area contributed by atoms with Crippen LogP contribution in [0.3, 0.4) is 0 Å². The van der Waals surface area contributed by atoms with Gasteiger partial charge in [-0.15, -0.1) is 23.4 Å². The Balaban J connectivity index is 1.90. The van der Waals surface area contributed by atoms with E-state index in [1.54, 1.807) is 40.8 Å². The topological polar surface area (TPSA) is 77.1 Å². The van der Waals surface area contributed by atoms with Gasteiger partial charge in [-0.1, -0.05) is 12.2 Å². The zero-order valence-corrected chi connectivity index (χ0v) is 17.3. The molecule has 1 aromatic carbocycles. The van der Waals surface area contributed by atoms with Crippen LogP contribution >= 0.6 is 15.9 Å². The Morgan fingerprint density at radius 1 is 1.18 bits per heavy atom. The van der Waals surface area contributed by atoms with Crippen molar-refractivity contribution in [3.05, 3.63) is 71.2 Å². The molecule has 7 nitrogen and oxygen atoms in total. The van der Waals surface area contributed by atoms with Crippen molar-refractivity contribution in [2.75, 3.05) is 13.1 Å². The molecule has 0 N–H and O–H groups in total. The van der Waals surface area contributed by atoms with E-state index in [-0.39, 0.29) is 5.91 Å². The van der Waals surface area contributed by atoms with Crippen LogP contribution in [0, 0.1) is 13.8 Å². The molecule has 0 spiro atoms. The summed E-state index contributed by atoms with van der Waals surface area (Å²) >= 11 is 3.54. The Morgan fingerprint density at radius 3 is 2.36 bits per heavy atom. The van der Waals surface area contributed by atoms with Crippen LogP contribution in [0.4, 0.5) is 0 Å². The first-order valence-corrected chi connectivity index (χ1v) is 9.42. The third-order valence-electron chi connectivity index (χ3n) is 4.12. The second-order valence-electron chi connectivity index (χ2n) is 6.12. The Morgan fingerprint density at radius 2 is 1.82 bits per heavy atom. The van der Waals surface area contributed by atoms with Crippen LogP contribution in [0.2, 0.25) is 0 Å². The molecule has 2 heterocycles. The molecule has 0 saturated heterocycles. The molecular weight excluding hydrogens is 422 g/mol. The standard InChI is InChI=1S/C20H20BrN5O2/c1-5-11-25(12-6-2)20(27)15-7-9-16(10-8-15)26-13(3)17(21)18(24-26)19-23-22-14(4)28-19/h5-10H,1-2,11-12H2,3-4H3. The van der Waals surface area contributed by atoms with Crippen molar-refractivity contribution in [3.63, 3.8) is 0 Å². The summed E-state index contributed by atoms with van der Waals surface area (Å²) in [5.41, 5.74) is 2.85. The molecule has 0 atom stereocenters. The molecule has 3 rings (SSSR count).